The molecule has 1 aliphatic heterocycles. The molecule has 2 saturated carbocycles. The highest BCUT2D eigenvalue weighted by atomic mass is 32.1. The first-order valence-electron chi connectivity index (χ1n) is 19.8. The topological polar surface area (TPSA) is 158 Å². The van der Waals surface area contributed by atoms with E-state index in [9.17, 15) is 19.2 Å². The van der Waals surface area contributed by atoms with Gasteiger partial charge in [0.25, 0.3) is 5.91 Å². The quantitative estimate of drug-likeness (QED) is 0.0815. The number of thiazole rings is 1. The Hall–Kier alpha value is -4.98. The molecule has 2 N–H and O–H groups in total. The second kappa shape index (κ2) is 17.3. The molecular formula is C43H55N5O8S. The van der Waals surface area contributed by atoms with E-state index in [-0.39, 0.29) is 25.3 Å². The van der Waals surface area contributed by atoms with Gasteiger partial charge in [0.2, 0.25) is 5.91 Å². The number of allylic oxidation sites excluding steroid dienone is 1. The van der Waals surface area contributed by atoms with Crippen molar-refractivity contribution in [2.75, 3.05) is 20.8 Å². The van der Waals surface area contributed by atoms with Crippen LogP contribution in [0.4, 0.5) is 4.79 Å². The van der Waals surface area contributed by atoms with Crippen molar-refractivity contribution in [1.29, 1.82) is 0 Å². The lowest BCUT2D eigenvalue weighted by atomic mass is 10.1. The number of ether oxygens (including phenoxy) is 4. The number of aromatic nitrogens is 2. The lowest BCUT2D eigenvalue weighted by Crippen LogP contribution is -2.55. The first-order chi connectivity index (χ1) is 27.2. The van der Waals surface area contributed by atoms with Gasteiger partial charge in [-0.05, 0) is 84.8 Å². The number of likely N-dealkylation sites (tertiary alicyclic amines) is 1. The molecule has 0 bridgehead atoms. The zero-order chi connectivity index (χ0) is 41.1. The molecule has 5 atom stereocenters. The molecule has 6 rings (SSSR count). The Morgan fingerprint density at radius 3 is 2.51 bits per heavy atom. The number of pyridine rings is 1. The second-order valence-electron chi connectivity index (χ2n) is 16.3. The van der Waals surface area contributed by atoms with Crippen LogP contribution >= 0.6 is 11.3 Å². The van der Waals surface area contributed by atoms with Crippen molar-refractivity contribution in [3.05, 3.63) is 60.1 Å². The Labute approximate surface area is 338 Å². The van der Waals surface area contributed by atoms with Gasteiger partial charge in [-0.1, -0.05) is 18.6 Å². The molecule has 2 aromatic heterocycles. The van der Waals surface area contributed by atoms with Crippen LogP contribution in [-0.4, -0.2) is 88.8 Å². The fraction of sp³-hybridized carbons (Fsp3) is 0.535. The van der Waals surface area contributed by atoms with Gasteiger partial charge in [0, 0.05) is 46.2 Å². The van der Waals surface area contributed by atoms with E-state index in [1.807, 2.05) is 52.0 Å². The Bertz CT molecular complexity index is 2020. The molecule has 3 aliphatic rings. The minimum Gasteiger partial charge on any atom is -0.496 e. The van der Waals surface area contributed by atoms with Gasteiger partial charge < -0.3 is 34.5 Å². The number of carbonyl (C=O) groups excluding carboxylic acids is 4. The average Bonchev–Trinajstić information content (AvgIpc) is 4.05. The largest absolute Gasteiger partial charge is 0.496 e. The van der Waals surface area contributed by atoms with E-state index in [2.05, 4.69) is 29.2 Å². The van der Waals surface area contributed by atoms with Gasteiger partial charge >= 0.3 is 12.1 Å². The summed E-state index contributed by atoms with van der Waals surface area (Å²) < 4.78 is 23.3. The van der Waals surface area contributed by atoms with Crippen molar-refractivity contribution in [2.45, 2.75) is 121 Å². The number of methoxy groups -OCH3 is 2. The van der Waals surface area contributed by atoms with E-state index in [0.717, 1.165) is 53.8 Å². The van der Waals surface area contributed by atoms with Gasteiger partial charge in [0.1, 0.15) is 39.9 Å². The monoisotopic (exact) mass is 801 g/mol. The number of fused-ring (bicyclic) bond motifs is 1. The van der Waals surface area contributed by atoms with Crippen LogP contribution in [0.2, 0.25) is 0 Å². The Kier molecular flexibility index (Phi) is 12.6. The smallest absolute Gasteiger partial charge is 0.408 e. The molecule has 3 fully saturated rings. The standard InChI is InChI=1S/C43H55N5O8S/c1-9-11-12-13-14-15-34(56-41(52)47-42(4,5)6)39(50)48-23-28(20-32(48)37(49)46-43(40(51)54-8)22-27(43)10-2)55-35-21-30(38-45-31(24-57-38)26-16-17-26)44-36-25(3)33(53-7)19-18-29(35)36/h9-10,18-19,21,24,26-28,32,34H,1-2,11-17,20,22-23H2,3-8H3,(H,46,49)(H,47,52)/t27-,28-,32+,34?,43-/m1/s1. The van der Waals surface area contributed by atoms with E-state index in [4.69, 9.17) is 28.9 Å². The number of hydrogen-bond acceptors (Lipinski definition) is 11. The maximum absolute atomic E-state index is 14.6. The van der Waals surface area contributed by atoms with E-state index in [1.165, 1.54) is 23.3 Å². The number of carbonyl (C=O) groups is 4. The molecule has 1 aromatic carbocycles. The summed E-state index contributed by atoms with van der Waals surface area (Å²) in [6.45, 7) is 15.0. The maximum Gasteiger partial charge on any atom is 0.408 e. The highest BCUT2D eigenvalue weighted by Crippen LogP contribution is 2.46. The number of benzene rings is 1. The highest BCUT2D eigenvalue weighted by molar-refractivity contribution is 7.13. The van der Waals surface area contributed by atoms with Gasteiger partial charge in [-0.2, -0.15) is 0 Å². The minimum absolute atomic E-state index is 0.0155. The SMILES string of the molecule is C=CCCCCCC(OC(=O)NC(C)(C)C)C(=O)N1C[C@H](Oc2cc(-c3nc(C4CC4)cs3)nc3c(C)c(OC)ccc23)C[C@H]1C(=O)N[C@]1(C(=O)OC)C[C@H]1C=C. The first-order valence-corrected chi connectivity index (χ1v) is 20.6. The average molecular weight is 802 g/mol. The Balaban J connectivity index is 1.34. The number of nitrogens with one attached hydrogen (secondary N) is 2. The molecule has 3 heterocycles. The second-order valence-corrected chi connectivity index (χ2v) is 17.2. The number of hydrogen-bond donors (Lipinski definition) is 2. The van der Waals surface area contributed by atoms with Crippen LogP contribution in [0, 0.1) is 12.8 Å². The van der Waals surface area contributed by atoms with Crippen LogP contribution in [0.25, 0.3) is 21.6 Å². The molecule has 2 aliphatic carbocycles. The summed E-state index contributed by atoms with van der Waals surface area (Å²) in [6.07, 6.45) is 6.94. The predicted molar refractivity (Wildman–Crippen MR) is 218 cm³/mol. The molecule has 306 valence electrons. The van der Waals surface area contributed by atoms with Crippen molar-refractivity contribution in [1.82, 2.24) is 25.5 Å². The third kappa shape index (κ3) is 9.43. The maximum atomic E-state index is 14.6. The third-order valence-electron chi connectivity index (χ3n) is 10.8. The number of esters is 1. The van der Waals surface area contributed by atoms with Gasteiger partial charge in [0.15, 0.2) is 6.10 Å². The molecule has 0 radical (unpaired) electrons. The summed E-state index contributed by atoms with van der Waals surface area (Å²) in [4.78, 5) is 66.4. The lowest BCUT2D eigenvalue weighted by Gasteiger charge is -2.30. The van der Waals surface area contributed by atoms with Gasteiger partial charge in [-0.15, -0.1) is 24.5 Å². The lowest BCUT2D eigenvalue weighted by molar-refractivity contribution is -0.149. The number of rotatable bonds is 17. The van der Waals surface area contributed by atoms with Crippen LogP contribution in [-0.2, 0) is 23.9 Å². The van der Waals surface area contributed by atoms with Crippen molar-refractivity contribution in [3.8, 4) is 22.2 Å². The third-order valence-corrected chi connectivity index (χ3v) is 11.7. The molecule has 3 aromatic rings. The number of aryl methyl sites for hydroxylation is 1. The first kappa shape index (κ1) is 41.6. The molecule has 57 heavy (non-hydrogen) atoms. The van der Waals surface area contributed by atoms with Gasteiger partial charge in [-0.3, -0.25) is 9.59 Å². The molecule has 1 saturated heterocycles. The molecule has 0 spiro atoms. The van der Waals surface area contributed by atoms with Crippen LogP contribution < -0.4 is 20.1 Å². The van der Waals surface area contributed by atoms with Gasteiger partial charge in [-0.25, -0.2) is 19.6 Å². The summed E-state index contributed by atoms with van der Waals surface area (Å²) in [7, 11) is 2.88. The van der Waals surface area contributed by atoms with Crippen LogP contribution in [0.15, 0.2) is 48.9 Å². The zero-order valence-electron chi connectivity index (χ0n) is 33.9. The number of nitrogens with zero attached hydrogens (tertiary/aromatic N) is 3. The fourth-order valence-electron chi connectivity index (χ4n) is 7.50. The van der Waals surface area contributed by atoms with E-state index in [0.29, 0.717) is 41.5 Å². The highest BCUT2D eigenvalue weighted by Gasteiger charge is 2.62. The molecule has 1 unspecified atom stereocenters. The van der Waals surface area contributed by atoms with Crippen molar-refractivity contribution < 1.29 is 38.1 Å². The number of unbranched alkanes of at least 4 members (excludes halogenated alkanes) is 3. The van der Waals surface area contributed by atoms with E-state index in [1.54, 1.807) is 13.2 Å². The summed E-state index contributed by atoms with van der Waals surface area (Å²) in [5.41, 5.74) is 1.33. The summed E-state index contributed by atoms with van der Waals surface area (Å²) in [5, 5.41) is 9.27. The Morgan fingerprint density at radius 1 is 1.09 bits per heavy atom. The zero-order valence-corrected chi connectivity index (χ0v) is 34.7. The van der Waals surface area contributed by atoms with E-state index >= 15 is 0 Å². The van der Waals surface area contributed by atoms with Crippen molar-refractivity contribution >= 4 is 46.1 Å². The summed E-state index contributed by atoms with van der Waals surface area (Å²) in [5.74, 6) is -0.299. The van der Waals surface area contributed by atoms with Crippen LogP contribution in [0.5, 0.6) is 11.5 Å². The van der Waals surface area contributed by atoms with Crippen LogP contribution in [0.3, 0.4) is 0 Å². The summed E-state index contributed by atoms with van der Waals surface area (Å²) >= 11 is 1.53. The molecule has 3 amide bonds. The van der Waals surface area contributed by atoms with Crippen molar-refractivity contribution in [2.24, 2.45) is 5.92 Å². The molecule has 14 heteroatoms. The normalized spacial score (nSPS) is 22.0. The van der Waals surface area contributed by atoms with E-state index < -0.39 is 53.2 Å². The van der Waals surface area contributed by atoms with Crippen LogP contribution in [0.1, 0.15) is 95.7 Å². The predicted octanol–water partition coefficient (Wildman–Crippen LogP) is 7.16. The van der Waals surface area contributed by atoms with Gasteiger partial charge in [0.05, 0.1) is 32.0 Å². The minimum atomic E-state index is -1.28. The summed E-state index contributed by atoms with van der Waals surface area (Å²) in [6, 6.07) is 4.56. The Morgan fingerprint density at radius 2 is 1.86 bits per heavy atom. The number of alkyl carbamates (subject to hydrolysis) is 1. The number of amides is 3. The molecule has 13 nitrogen and oxygen atoms in total. The van der Waals surface area contributed by atoms with Crippen molar-refractivity contribution in [3.63, 3.8) is 0 Å². The fourth-order valence-corrected chi connectivity index (χ4v) is 8.36. The molecular weight excluding hydrogens is 747 g/mol.